The summed E-state index contributed by atoms with van der Waals surface area (Å²) in [6.45, 7) is 5.38. The van der Waals surface area contributed by atoms with E-state index in [0.29, 0.717) is 24.8 Å². The largest absolute Gasteiger partial charge is 0.484 e. The van der Waals surface area contributed by atoms with Crippen LogP contribution in [0, 0.1) is 11.8 Å². The SMILES string of the molecule is CC[C@](C)(O)[C@H]1C[C@@H](O)[C@]2(C)Oc3cc(-c4cccnc4)oc(=O)c3[C@H](O)[C@H]2C1. The Morgan fingerprint density at radius 1 is 1.34 bits per heavy atom. The van der Waals surface area contributed by atoms with Crippen LogP contribution in [0.3, 0.4) is 0 Å². The van der Waals surface area contributed by atoms with E-state index in [1.807, 2.05) is 6.92 Å². The van der Waals surface area contributed by atoms with Gasteiger partial charge in [0.05, 0.1) is 17.8 Å². The van der Waals surface area contributed by atoms with Crippen LogP contribution >= 0.6 is 0 Å². The zero-order chi connectivity index (χ0) is 21.0. The Bertz CT molecular complexity index is 956. The third-order valence-electron chi connectivity index (χ3n) is 6.94. The summed E-state index contributed by atoms with van der Waals surface area (Å²) in [4.78, 5) is 16.8. The lowest BCUT2D eigenvalue weighted by Crippen LogP contribution is -2.61. The lowest BCUT2D eigenvalue weighted by Gasteiger charge is -2.53. The van der Waals surface area contributed by atoms with Crippen molar-refractivity contribution in [2.24, 2.45) is 11.8 Å². The Kier molecular flexibility index (Phi) is 4.80. The summed E-state index contributed by atoms with van der Waals surface area (Å²) in [5.41, 5.74) is -2.05. The van der Waals surface area contributed by atoms with Crippen LogP contribution in [-0.2, 0) is 0 Å². The summed E-state index contributed by atoms with van der Waals surface area (Å²) in [5, 5.41) is 32.7. The van der Waals surface area contributed by atoms with Gasteiger partial charge in [-0.15, -0.1) is 0 Å². The summed E-state index contributed by atoms with van der Waals surface area (Å²) < 4.78 is 11.6. The van der Waals surface area contributed by atoms with Crippen molar-refractivity contribution in [3.05, 3.63) is 46.6 Å². The molecule has 4 rings (SSSR count). The third kappa shape index (κ3) is 3.17. The summed E-state index contributed by atoms with van der Waals surface area (Å²) in [6, 6.07) is 5.06. The molecule has 1 saturated carbocycles. The first-order valence-corrected chi connectivity index (χ1v) is 10.0. The van der Waals surface area contributed by atoms with Crippen molar-refractivity contribution in [2.45, 2.75) is 63.4 Å². The number of fused-ring (bicyclic) bond motifs is 2. The van der Waals surface area contributed by atoms with Crippen molar-refractivity contribution in [1.82, 2.24) is 4.98 Å². The summed E-state index contributed by atoms with van der Waals surface area (Å²) >= 11 is 0. The maximum Gasteiger partial charge on any atom is 0.345 e. The molecule has 0 unspecified atom stereocenters. The van der Waals surface area contributed by atoms with Crippen molar-refractivity contribution in [1.29, 1.82) is 0 Å². The molecule has 1 aliphatic heterocycles. The van der Waals surface area contributed by atoms with Crippen molar-refractivity contribution < 1.29 is 24.5 Å². The van der Waals surface area contributed by atoms with Gasteiger partial charge in [0.15, 0.2) is 0 Å². The second-order valence-corrected chi connectivity index (χ2v) is 8.65. The van der Waals surface area contributed by atoms with Gasteiger partial charge in [-0.05, 0) is 51.2 Å². The molecular weight excluding hydrogens is 374 g/mol. The van der Waals surface area contributed by atoms with Crippen LogP contribution in [0.4, 0.5) is 0 Å². The second-order valence-electron chi connectivity index (χ2n) is 8.65. The highest BCUT2D eigenvalue weighted by molar-refractivity contribution is 5.58. The predicted molar refractivity (Wildman–Crippen MR) is 105 cm³/mol. The fraction of sp³-hybridized carbons (Fsp3) is 0.545. The molecule has 0 saturated heterocycles. The highest BCUT2D eigenvalue weighted by Crippen LogP contribution is 2.53. The van der Waals surface area contributed by atoms with Crippen LogP contribution in [-0.4, -0.2) is 37.6 Å². The molecule has 2 aromatic heterocycles. The van der Waals surface area contributed by atoms with Gasteiger partial charge < -0.3 is 24.5 Å². The van der Waals surface area contributed by atoms with Gasteiger partial charge in [0.25, 0.3) is 0 Å². The molecule has 2 aromatic rings. The van der Waals surface area contributed by atoms with Gasteiger partial charge in [-0.2, -0.15) is 0 Å². The summed E-state index contributed by atoms with van der Waals surface area (Å²) in [6.07, 6.45) is 2.44. The molecule has 7 nitrogen and oxygen atoms in total. The smallest absolute Gasteiger partial charge is 0.345 e. The molecule has 3 N–H and O–H groups in total. The van der Waals surface area contributed by atoms with Crippen LogP contribution in [0.15, 0.2) is 39.8 Å². The third-order valence-corrected chi connectivity index (χ3v) is 6.94. The first-order chi connectivity index (χ1) is 13.7. The summed E-state index contributed by atoms with van der Waals surface area (Å²) in [5.74, 6) is -0.268. The molecule has 0 bridgehead atoms. The molecule has 29 heavy (non-hydrogen) atoms. The van der Waals surface area contributed by atoms with E-state index in [4.69, 9.17) is 9.15 Å². The molecule has 1 aliphatic carbocycles. The molecular formula is C22H27NO6. The first-order valence-electron chi connectivity index (χ1n) is 10.0. The molecule has 0 radical (unpaired) electrons. The van der Waals surface area contributed by atoms with Crippen molar-refractivity contribution in [2.75, 3.05) is 0 Å². The number of pyridine rings is 1. The number of aromatic nitrogens is 1. The predicted octanol–water partition coefficient (Wildman–Crippen LogP) is 2.43. The van der Waals surface area contributed by atoms with Crippen molar-refractivity contribution in [3.8, 4) is 17.1 Å². The molecule has 6 atom stereocenters. The van der Waals surface area contributed by atoms with Gasteiger partial charge in [0, 0.05) is 29.9 Å². The number of hydrogen-bond donors (Lipinski definition) is 3. The van der Waals surface area contributed by atoms with Crippen LogP contribution in [0.2, 0.25) is 0 Å². The molecule has 3 heterocycles. The number of rotatable bonds is 3. The fourth-order valence-electron chi connectivity index (χ4n) is 4.69. The molecule has 1 fully saturated rings. The minimum absolute atomic E-state index is 0.0594. The van der Waals surface area contributed by atoms with Gasteiger partial charge >= 0.3 is 5.63 Å². The Balaban J connectivity index is 1.77. The summed E-state index contributed by atoms with van der Waals surface area (Å²) in [7, 11) is 0. The van der Waals surface area contributed by atoms with E-state index in [0.717, 1.165) is 0 Å². The monoisotopic (exact) mass is 401 g/mol. The lowest BCUT2D eigenvalue weighted by molar-refractivity contribution is -0.185. The average Bonchev–Trinajstić information content (AvgIpc) is 2.69. The van der Waals surface area contributed by atoms with Crippen LogP contribution < -0.4 is 10.4 Å². The zero-order valence-electron chi connectivity index (χ0n) is 16.8. The molecule has 2 aliphatic rings. The minimum atomic E-state index is -1.16. The van der Waals surface area contributed by atoms with Gasteiger partial charge in [-0.1, -0.05) is 6.92 Å². The van der Waals surface area contributed by atoms with E-state index in [2.05, 4.69) is 4.98 Å². The molecule has 0 spiro atoms. The van der Waals surface area contributed by atoms with Crippen molar-refractivity contribution in [3.63, 3.8) is 0 Å². The van der Waals surface area contributed by atoms with E-state index in [1.54, 1.807) is 44.4 Å². The number of ether oxygens (including phenoxy) is 1. The topological polar surface area (TPSA) is 113 Å². The van der Waals surface area contributed by atoms with Crippen molar-refractivity contribution >= 4 is 0 Å². The minimum Gasteiger partial charge on any atom is -0.484 e. The maximum atomic E-state index is 12.7. The standard InChI is InChI=1S/C22H27NO6/c1-4-21(2,27)13-8-14-19(25)18-16(29-22(14,3)17(24)9-13)10-15(28-20(18)26)12-6-5-7-23-11-12/h5-7,10-11,13-14,17,19,24-25,27H,4,8-9H2,1-3H3/t13-,14-,17-,19-,21+,22-/m1/s1. The number of aliphatic hydroxyl groups is 3. The van der Waals surface area contributed by atoms with E-state index in [1.165, 1.54) is 0 Å². The fourth-order valence-corrected chi connectivity index (χ4v) is 4.69. The Hall–Kier alpha value is -2.22. The number of hydrogen-bond acceptors (Lipinski definition) is 7. The van der Waals surface area contributed by atoms with Gasteiger partial charge in [-0.25, -0.2) is 4.79 Å². The van der Waals surface area contributed by atoms with E-state index in [-0.39, 0.29) is 23.0 Å². The Morgan fingerprint density at radius 2 is 2.10 bits per heavy atom. The molecule has 0 aromatic carbocycles. The molecule has 7 heteroatoms. The first kappa shape index (κ1) is 20.1. The maximum absolute atomic E-state index is 12.7. The lowest BCUT2D eigenvalue weighted by atomic mass is 9.62. The molecule has 0 amide bonds. The second kappa shape index (κ2) is 6.93. The molecule has 156 valence electrons. The van der Waals surface area contributed by atoms with Crippen LogP contribution in [0.5, 0.6) is 5.75 Å². The highest BCUT2D eigenvalue weighted by Gasteiger charge is 2.57. The van der Waals surface area contributed by atoms with Gasteiger partial charge in [0.1, 0.15) is 22.7 Å². The average molecular weight is 401 g/mol. The quantitative estimate of drug-likeness (QED) is 0.724. The van der Waals surface area contributed by atoms with Gasteiger partial charge in [0.2, 0.25) is 0 Å². The van der Waals surface area contributed by atoms with Gasteiger partial charge in [-0.3, -0.25) is 4.98 Å². The van der Waals surface area contributed by atoms with Crippen LogP contribution in [0.1, 0.15) is 51.7 Å². The van der Waals surface area contributed by atoms with Crippen LogP contribution in [0.25, 0.3) is 11.3 Å². The number of aliphatic hydroxyl groups excluding tert-OH is 2. The Labute approximate surface area is 169 Å². The zero-order valence-corrected chi connectivity index (χ0v) is 16.8. The normalized spacial score (nSPS) is 33.2. The Morgan fingerprint density at radius 3 is 2.76 bits per heavy atom. The van der Waals surface area contributed by atoms with E-state index < -0.39 is 35.0 Å². The van der Waals surface area contributed by atoms with E-state index >= 15 is 0 Å². The number of nitrogens with zero attached hydrogens (tertiary/aromatic N) is 1. The van der Waals surface area contributed by atoms with E-state index in [9.17, 15) is 20.1 Å². The highest BCUT2D eigenvalue weighted by atomic mass is 16.5.